The Kier molecular flexibility index (Phi) is 17.9. The van der Waals surface area contributed by atoms with Crippen molar-refractivity contribution in [3.05, 3.63) is 0 Å². The maximum absolute atomic E-state index is 12.0. The molecule has 0 aromatic heterocycles. The first-order valence-corrected chi connectivity index (χ1v) is 10.6. The maximum Gasteiger partial charge on any atom is 0.220 e. The van der Waals surface area contributed by atoms with Crippen molar-refractivity contribution in [3.8, 4) is 0 Å². The number of ether oxygens (including phenoxy) is 2. The van der Waals surface area contributed by atoms with Crippen LogP contribution in [-0.2, 0) is 14.3 Å². The lowest BCUT2D eigenvalue weighted by atomic mass is 10.1. The Hall–Kier alpha value is -0.545. The topological polar surface area (TPSA) is 47.6 Å². The quantitative estimate of drug-likeness (QED) is 0.300. The fourth-order valence-corrected chi connectivity index (χ4v) is 3.08. The van der Waals surface area contributed by atoms with Crippen molar-refractivity contribution in [2.24, 2.45) is 0 Å². The first kappa shape index (κ1) is 24.5. The molecule has 0 aliphatic carbocycles. The fourth-order valence-electron chi connectivity index (χ4n) is 3.08. The molecule has 0 aromatic rings. The zero-order valence-corrected chi connectivity index (χ0v) is 17.3. The standard InChI is InChI=1S/C20H42BNO3/c1-4-5-6-7-8-9-10-11-12-13-14-15-20(23)22-18(2)19(16-24-3)25-17-21/h18-19H,4-17,21H2,1-3H3,(H,22,23)/t18?,19-/m1/s1. The third-order valence-corrected chi connectivity index (χ3v) is 4.67. The van der Waals surface area contributed by atoms with E-state index in [2.05, 4.69) is 12.2 Å². The Bertz CT molecular complexity index is 297. The first-order chi connectivity index (χ1) is 12.2. The second-order valence-corrected chi connectivity index (χ2v) is 7.09. The van der Waals surface area contributed by atoms with Crippen LogP contribution in [0.2, 0.25) is 0 Å². The van der Waals surface area contributed by atoms with Crippen molar-refractivity contribution in [2.45, 2.75) is 103 Å². The van der Waals surface area contributed by atoms with E-state index in [0.29, 0.717) is 19.5 Å². The number of hydrogen-bond acceptors (Lipinski definition) is 3. The van der Waals surface area contributed by atoms with E-state index in [1.807, 2.05) is 14.8 Å². The summed E-state index contributed by atoms with van der Waals surface area (Å²) in [6.07, 6.45) is 14.9. The van der Waals surface area contributed by atoms with E-state index in [-0.39, 0.29) is 18.1 Å². The van der Waals surface area contributed by atoms with Crippen LogP contribution in [0.1, 0.15) is 90.9 Å². The van der Waals surface area contributed by atoms with Crippen molar-refractivity contribution in [3.63, 3.8) is 0 Å². The summed E-state index contributed by atoms with van der Waals surface area (Å²) in [5, 5.41) is 3.04. The molecule has 0 bridgehead atoms. The molecule has 1 N–H and O–H groups in total. The van der Waals surface area contributed by atoms with Crippen molar-refractivity contribution < 1.29 is 14.3 Å². The minimum atomic E-state index is -0.0729. The highest BCUT2D eigenvalue weighted by atomic mass is 16.5. The molecule has 0 radical (unpaired) electrons. The summed E-state index contributed by atoms with van der Waals surface area (Å²) in [5.74, 6) is 0.129. The predicted octanol–water partition coefficient (Wildman–Crippen LogP) is 3.81. The van der Waals surface area contributed by atoms with Crippen LogP contribution in [0.3, 0.4) is 0 Å². The van der Waals surface area contributed by atoms with E-state index in [4.69, 9.17) is 9.47 Å². The second-order valence-electron chi connectivity index (χ2n) is 7.09. The van der Waals surface area contributed by atoms with Gasteiger partial charge in [-0.05, 0) is 13.3 Å². The second kappa shape index (κ2) is 18.3. The number of unbranched alkanes of at least 4 members (excludes halogenated alkanes) is 10. The zero-order valence-electron chi connectivity index (χ0n) is 17.3. The number of carbonyl (C=O) groups is 1. The van der Waals surface area contributed by atoms with Crippen LogP contribution in [0.25, 0.3) is 0 Å². The molecule has 0 aromatic carbocycles. The van der Waals surface area contributed by atoms with Gasteiger partial charge in [-0.2, -0.15) is 0 Å². The van der Waals surface area contributed by atoms with Gasteiger partial charge < -0.3 is 14.8 Å². The van der Waals surface area contributed by atoms with Crippen LogP contribution in [0.15, 0.2) is 0 Å². The van der Waals surface area contributed by atoms with E-state index in [1.165, 1.54) is 57.8 Å². The molecule has 0 heterocycles. The summed E-state index contributed by atoms with van der Waals surface area (Å²) >= 11 is 0. The Morgan fingerprint density at radius 1 is 0.960 bits per heavy atom. The molecule has 0 aliphatic heterocycles. The Morgan fingerprint density at radius 3 is 1.96 bits per heavy atom. The molecule has 25 heavy (non-hydrogen) atoms. The SMILES string of the molecule is BCO[C@H](COC)C(C)NC(=O)CCCCCCCCCCCCC. The van der Waals surface area contributed by atoms with E-state index >= 15 is 0 Å². The van der Waals surface area contributed by atoms with E-state index in [1.54, 1.807) is 7.11 Å². The van der Waals surface area contributed by atoms with Gasteiger partial charge in [-0.15, -0.1) is 0 Å². The highest BCUT2D eigenvalue weighted by Gasteiger charge is 2.18. The molecule has 0 saturated carbocycles. The summed E-state index contributed by atoms with van der Waals surface area (Å²) in [7, 11) is 3.62. The summed E-state index contributed by atoms with van der Waals surface area (Å²) in [6, 6.07) is -0.0138. The van der Waals surface area contributed by atoms with Gasteiger partial charge in [-0.3, -0.25) is 4.79 Å². The van der Waals surface area contributed by atoms with Crippen molar-refractivity contribution in [1.82, 2.24) is 5.32 Å². The average molecular weight is 355 g/mol. The smallest absolute Gasteiger partial charge is 0.220 e. The van der Waals surface area contributed by atoms with E-state index in [9.17, 15) is 4.79 Å². The molecule has 0 spiro atoms. The highest BCUT2D eigenvalue weighted by Crippen LogP contribution is 2.12. The molecule has 4 nitrogen and oxygen atoms in total. The van der Waals surface area contributed by atoms with Gasteiger partial charge in [0.2, 0.25) is 5.91 Å². The maximum atomic E-state index is 12.0. The molecule has 0 rings (SSSR count). The summed E-state index contributed by atoms with van der Waals surface area (Å²) in [6.45, 7) is 5.39. The van der Waals surface area contributed by atoms with Gasteiger partial charge in [0.15, 0.2) is 0 Å². The lowest BCUT2D eigenvalue weighted by Gasteiger charge is -2.24. The number of rotatable bonds is 18. The van der Waals surface area contributed by atoms with E-state index < -0.39 is 0 Å². The van der Waals surface area contributed by atoms with Gasteiger partial charge in [0, 0.05) is 20.0 Å². The lowest BCUT2D eigenvalue weighted by molar-refractivity contribution is -0.123. The Labute approximate surface area is 157 Å². The average Bonchev–Trinajstić information content (AvgIpc) is 2.59. The van der Waals surface area contributed by atoms with Gasteiger partial charge in [-0.25, -0.2) is 0 Å². The van der Waals surface area contributed by atoms with Gasteiger partial charge >= 0.3 is 0 Å². The molecule has 0 aliphatic rings. The molecule has 2 atom stereocenters. The molecule has 0 saturated heterocycles. The van der Waals surface area contributed by atoms with Crippen molar-refractivity contribution in [1.29, 1.82) is 0 Å². The highest BCUT2D eigenvalue weighted by molar-refractivity contribution is 6.08. The molecular weight excluding hydrogens is 313 g/mol. The number of amides is 1. The number of carbonyl (C=O) groups excluding carboxylic acids is 1. The number of hydrogen-bond donors (Lipinski definition) is 1. The monoisotopic (exact) mass is 355 g/mol. The van der Waals surface area contributed by atoms with Crippen LogP contribution in [0.4, 0.5) is 0 Å². The lowest BCUT2D eigenvalue weighted by Crippen LogP contribution is -2.44. The summed E-state index contributed by atoms with van der Waals surface area (Å²) in [4.78, 5) is 12.0. The number of methoxy groups -OCH3 is 1. The first-order valence-electron chi connectivity index (χ1n) is 10.6. The van der Waals surface area contributed by atoms with Crippen molar-refractivity contribution >= 4 is 13.8 Å². The number of nitrogens with one attached hydrogen (secondary N) is 1. The molecule has 1 amide bonds. The third-order valence-electron chi connectivity index (χ3n) is 4.67. The Balaban J connectivity index is 3.54. The third kappa shape index (κ3) is 15.4. The van der Waals surface area contributed by atoms with Gasteiger partial charge in [-0.1, -0.05) is 71.1 Å². The molecule has 1 unspecified atom stereocenters. The molecule has 5 heteroatoms. The van der Waals surface area contributed by atoms with Crippen LogP contribution in [-0.4, -0.2) is 46.1 Å². The van der Waals surface area contributed by atoms with Crippen molar-refractivity contribution in [2.75, 3.05) is 20.2 Å². The van der Waals surface area contributed by atoms with Crippen LogP contribution < -0.4 is 5.32 Å². The molecule has 148 valence electrons. The van der Waals surface area contributed by atoms with Gasteiger partial charge in [0.05, 0.1) is 18.8 Å². The molecule has 0 fully saturated rings. The minimum absolute atomic E-state index is 0.0138. The van der Waals surface area contributed by atoms with Gasteiger partial charge in [0.25, 0.3) is 0 Å². The normalized spacial score (nSPS) is 13.6. The fraction of sp³-hybridized carbons (Fsp3) is 0.950. The largest absolute Gasteiger partial charge is 0.383 e. The van der Waals surface area contributed by atoms with Crippen LogP contribution in [0.5, 0.6) is 0 Å². The Morgan fingerprint density at radius 2 is 1.48 bits per heavy atom. The predicted molar refractivity (Wildman–Crippen MR) is 109 cm³/mol. The molecular formula is C20H42BNO3. The zero-order chi connectivity index (χ0) is 18.8. The minimum Gasteiger partial charge on any atom is -0.383 e. The van der Waals surface area contributed by atoms with E-state index in [0.717, 1.165) is 12.8 Å². The van der Waals surface area contributed by atoms with Crippen LogP contribution >= 0.6 is 0 Å². The summed E-state index contributed by atoms with van der Waals surface area (Å²) in [5.41, 5.74) is 0. The van der Waals surface area contributed by atoms with Gasteiger partial charge in [0.1, 0.15) is 7.85 Å². The summed E-state index contributed by atoms with van der Waals surface area (Å²) < 4.78 is 10.8. The van der Waals surface area contributed by atoms with Crippen LogP contribution in [0, 0.1) is 0 Å².